The Bertz CT molecular complexity index is 1610. The Morgan fingerprint density at radius 1 is 0.902 bits per heavy atom. The number of hydrogen-bond donors (Lipinski definition) is 3. The van der Waals surface area contributed by atoms with Crippen molar-refractivity contribution in [3.63, 3.8) is 0 Å². The molecule has 1 saturated carbocycles. The van der Waals surface area contributed by atoms with Gasteiger partial charge >= 0.3 is 0 Å². The molecule has 5 aromatic rings. The predicted molar refractivity (Wildman–Crippen MR) is 166 cm³/mol. The van der Waals surface area contributed by atoms with Gasteiger partial charge in [-0.15, -0.1) is 0 Å². The largest absolute Gasteiger partial charge is 0.361 e. The molecule has 3 heterocycles. The number of aromatic nitrogens is 3. The molecule has 2 aromatic carbocycles. The highest BCUT2D eigenvalue weighted by Gasteiger charge is 2.39. The zero-order valence-corrected chi connectivity index (χ0v) is 23.6. The number of benzene rings is 2. The third-order valence-electron chi connectivity index (χ3n) is 8.55. The number of pyridine rings is 2. The van der Waals surface area contributed by atoms with E-state index in [-0.39, 0.29) is 11.3 Å². The van der Waals surface area contributed by atoms with Gasteiger partial charge in [0.15, 0.2) is 0 Å². The van der Waals surface area contributed by atoms with E-state index in [0.717, 1.165) is 59.1 Å². The van der Waals surface area contributed by atoms with Gasteiger partial charge in [0.25, 0.3) is 0 Å². The molecule has 1 unspecified atom stereocenters. The first-order valence-corrected chi connectivity index (χ1v) is 14.6. The van der Waals surface area contributed by atoms with Gasteiger partial charge in [-0.05, 0) is 55.7 Å². The third kappa shape index (κ3) is 5.73. The second-order valence-corrected chi connectivity index (χ2v) is 11.5. The number of para-hydroxylation sites is 1. The fraction of sp³-hybridized carbons (Fsp3) is 0.286. The molecule has 0 aliphatic heterocycles. The van der Waals surface area contributed by atoms with Crippen molar-refractivity contribution >= 4 is 22.6 Å². The maximum atomic E-state index is 14.3. The molecule has 0 saturated heterocycles. The smallest absolute Gasteiger partial charge is 0.245 e. The van der Waals surface area contributed by atoms with Crippen LogP contribution >= 0.6 is 0 Å². The van der Waals surface area contributed by atoms with Crippen LogP contribution in [-0.4, -0.2) is 32.9 Å². The van der Waals surface area contributed by atoms with Crippen LogP contribution in [0.2, 0.25) is 0 Å². The Morgan fingerprint density at radius 3 is 2.49 bits per heavy atom. The highest BCUT2D eigenvalue weighted by Crippen LogP contribution is 2.38. The third-order valence-corrected chi connectivity index (χ3v) is 8.55. The summed E-state index contributed by atoms with van der Waals surface area (Å²) in [5.74, 6) is 0.622. The van der Waals surface area contributed by atoms with E-state index in [1.54, 1.807) is 0 Å². The number of rotatable bonds is 9. The predicted octanol–water partition coefficient (Wildman–Crippen LogP) is 7.06. The van der Waals surface area contributed by atoms with Crippen LogP contribution in [0.3, 0.4) is 0 Å². The van der Waals surface area contributed by atoms with E-state index >= 15 is 0 Å². The number of nitrogens with one attached hydrogen (secondary N) is 3. The molecule has 6 nitrogen and oxygen atoms in total. The fourth-order valence-corrected chi connectivity index (χ4v) is 6.27. The van der Waals surface area contributed by atoms with Gasteiger partial charge in [0.2, 0.25) is 5.91 Å². The second-order valence-electron chi connectivity index (χ2n) is 11.5. The summed E-state index contributed by atoms with van der Waals surface area (Å²) in [6, 6.07) is 30.4. The Labute approximate surface area is 241 Å². The Hall–Kier alpha value is -4.45. The van der Waals surface area contributed by atoms with Crippen molar-refractivity contribution < 1.29 is 4.79 Å². The Balaban J connectivity index is 1.31. The van der Waals surface area contributed by atoms with Crippen molar-refractivity contribution in [3.8, 4) is 11.3 Å². The molecule has 1 atom stereocenters. The minimum atomic E-state index is -0.951. The van der Waals surface area contributed by atoms with Gasteiger partial charge in [-0.25, -0.2) is 4.98 Å². The average molecular weight is 544 g/mol. The van der Waals surface area contributed by atoms with E-state index in [4.69, 9.17) is 9.97 Å². The van der Waals surface area contributed by atoms with Gasteiger partial charge in [0.1, 0.15) is 11.4 Å². The van der Waals surface area contributed by atoms with Gasteiger partial charge < -0.3 is 15.6 Å². The number of fused-ring (bicyclic) bond motifs is 1. The van der Waals surface area contributed by atoms with Crippen molar-refractivity contribution in [2.45, 2.75) is 56.4 Å². The molecule has 6 heteroatoms. The Morgan fingerprint density at radius 2 is 1.68 bits per heavy atom. The van der Waals surface area contributed by atoms with E-state index in [1.807, 2.05) is 86.0 Å². The fourth-order valence-electron chi connectivity index (χ4n) is 6.27. The van der Waals surface area contributed by atoms with Crippen molar-refractivity contribution in [1.82, 2.24) is 20.3 Å². The number of amides is 1. The molecule has 0 spiro atoms. The van der Waals surface area contributed by atoms with Crippen LogP contribution in [0, 0.1) is 0 Å². The van der Waals surface area contributed by atoms with Crippen molar-refractivity contribution in [2.24, 2.45) is 0 Å². The normalized spacial score (nSPS) is 16.1. The molecule has 1 amide bonds. The quantitative estimate of drug-likeness (QED) is 0.186. The van der Waals surface area contributed by atoms with Crippen LogP contribution in [0.25, 0.3) is 22.2 Å². The summed E-state index contributed by atoms with van der Waals surface area (Å²) >= 11 is 0. The monoisotopic (exact) mass is 543 g/mol. The van der Waals surface area contributed by atoms with Crippen molar-refractivity contribution in [2.75, 3.05) is 11.9 Å². The lowest BCUT2D eigenvalue weighted by Gasteiger charge is -2.38. The molecule has 1 fully saturated rings. The van der Waals surface area contributed by atoms with E-state index in [9.17, 15) is 4.79 Å². The molecule has 208 valence electrons. The summed E-state index contributed by atoms with van der Waals surface area (Å²) in [7, 11) is 0. The van der Waals surface area contributed by atoms with Crippen LogP contribution in [0.5, 0.6) is 0 Å². The highest BCUT2D eigenvalue weighted by molar-refractivity contribution is 5.91. The van der Waals surface area contributed by atoms with E-state index < -0.39 is 5.54 Å². The molecule has 3 aromatic heterocycles. The highest BCUT2D eigenvalue weighted by atomic mass is 16.2. The number of aromatic amines is 1. The SMILES string of the molecule is CC(Cc1c[nH]c2ccccc12)(Nc1cccc(-c2ccccc2)n1)C(=O)NCC1(c2ccccn2)CCCCC1. The van der Waals surface area contributed by atoms with E-state index in [1.165, 1.54) is 6.42 Å². The van der Waals surface area contributed by atoms with Crippen LogP contribution in [-0.2, 0) is 16.6 Å². The molecule has 41 heavy (non-hydrogen) atoms. The molecular weight excluding hydrogens is 506 g/mol. The summed E-state index contributed by atoms with van der Waals surface area (Å²) in [5, 5.41) is 8.06. The van der Waals surface area contributed by atoms with Crippen LogP contribution in [0.4, 0.5) is 5.82 Å². The van der Waals surface area contributed by atoms with Gasteiger partial charge in [-0.3, -0.25) is 9.78 Å². The number of H-pyrrole nitrogens is 1. The maximum absolute atomic E-state index is 14.3. The summed E-state index contributed by atoms with van der Waals surface area (Å²) in [4.78, 5) is 27.3. The lowest BCUT2D eigenvalue weighted by atomic mass is 9.71. The van der Waals surface area contributed by atoms with Gasteiger partial charge in [0.05, 0.1) is 5.69 Å². The standard InChI is InChI=1S/C35H37N5O/c1-34(23-27-24-37-30-16-7-6-15-28(27)30,40-32-19-12-17-29(39-32)26-13-4-2-5-14-26)33(41)38-25-35(20-9-3-10-21-35)31-18-8-11-22-36-31/h2,4-8,11-19,22,24,37H,3,9-10,20-21,23,25H2,1H3,(H,38,41)(H,39,40). The first-order valence-electron chi connectivity index (χ1n) is 14.6. The topological polar surface area (TPSA) is 82.7 Å². The number of carbonyl (C=O) groups excluding carboxylic acids is 1. The summed E-state index contributed by atoms with van der Waals surface area (Å²) in [5.41, 5.74) is 4.02. The Kier molecular flexibility index (Phi) is 7.55. The van der Waals surface area contributed by atoms with E-state index in [2.05, 4.69) is 39.9 Å². The molecule has 0 radical (unpaired) electrons. The van der Waals surface area contributed by atoms with Crippen molar-refractivity contribution in [3.05, 3.63) is 115 Å². The van der Waals surface area contributed by atoms with Crippen molar-refractivity contribution in [1.29, 1.82) is 0 Å². The molecule has 0 bridgehead atoms. The first-order chi connectivity index (χ1) is 20.0. The van der Waals surface area contributed by atoms with Crippen LogP contribution in [0.1, 0.15) is 50.3 Å². The number of anilines is 1. The zero-order chi connectivity index (χ0) is 28.1. The summed E-state index contributed by atoms with van der Waals surface area (Å²) < 4.78 is 0. The van der Waals surface area contributed by atoms with Crippen LogP contribution in [0.15, 0.2) is 103 Å². The van der Waals surface area contributed by atoms with Gasteiger partial charge in [-0.2, -0.15) is 0 Å². The zero-order valence-electron chi connectivity index (χ0n) is 23.6. The first kappa shape index (κ1) is 26.8. The second kappa shape index (κ2) is 11.6. The summed E-state index contributed by atoms with van der Waals surface area (Å²) in [6.45, 7) is 2.54. The van der Waals surface area contributed by atoms with E-state index in [0.29, 0.717) is 18.8 Å². The lowest BCUT2D eigenvalue weighted by Crippen LogP contribution is -2.55. The van der Waals surface area contributed by atoms with Crippen LogP contribution < -0.4 is 10.6 Å². The molecule has 1 aliphatic carbocycles. The molecule has 3 N–H and O–H groups in total. The van der Waals surface area contributed by atoms with Gasteiger partial charge in [-0.1, -0.05) is 79.9 Å². The number of carbonyl (C=O) groups is 1. The molecule has 6 rings (SSSR count). The maximum Gasteiger partial charge on any atom is 0.245 e. The average Bonchev–Trinajstić information content (AvgIpc) is 3.43. The molecular formula is C35H37N5O. The van der Waals surface area contributed by atoms with Gasteiger partial charge in [0, 0.05) is 52.9 Å². The lowest BCUT2D eigenvalue weighted by molar-refractivity contribution is -0.125. The number of hydrogen-bond acceptors (Lipinski definition) is 4. The minimum absolute atomic E-state index is 0.0458. The minimum Gasteiger partial charge on any atom is -0.361 e. The summed E-state index contributed by atoms with van der Waals surface area (Å²) in [6.07, 6.45) is 9.95. The molecule has 1 aliphatic rings. The number of nitrogens with zero attached hydrogens (tertiary/aromatic N) is 2.